The van der Waals surface area contributed by atoms with Crippen molar-refractivity contribution >= 4 is 27.7 Å². The van der Waals surface area contributed by atoms with Gasteiger partial charge in [-0.25, -0.2) is 13.4 Å². The molecule has 0 aliphatic carbocycles. The third kappa shape index (κ3) is 6.35. The highest BCUT2D eigenvalue weighted by molar-refractivity contribution is 7.89. The van der Waals surface area contributed by atoms with Gasteiger partial charge >= 0.3 is 0 Å². The van der Waals surface area contributed by atoms with Crippen molar-refractivity contribution in [3.8, 4) is 0 Å². The van der Waals surface area contributed by atoms with Crippen LogP contribution in [0.5, 0.6) is 0 Å². The molecule has 166 valence electrons. The van der Waals surface area contributed by atoms with E-state index in [0.29, 0.717) is 42.3 Å². The van der Waals surface area contributed by atoms with Crippen LogP contribution in [-0.4, -0.2) is 49.2 Å². The number of carbonyl (C=O) groups is 2. The number of amides is 2. The van der Waals surface area contributed by atoms with Crippen molar-refractivity contribution in [1.29, 1.82) is 0 Å². The van der Waals surface area contributed by atoms with Crippen LogP contribution in [0.15, 0.2) is 47.5 Å². The van der Waals surface area contributed by atoms with E-state index in [1.54, 1.807) is 34.6 Å². The second-order valence-electron chi connectivity index (χ2n) is 7.58. The van der Waals surface area contributed by atoms with E-state index < -0.39 is 10.0 Å². The topological polar surface area (TPSA) is 108 Å². The zero-order valence-corrected chi connectivity index (χ0v) is 18.5. The number of nitrogens with one attached hydrogen (secondary N) is 2. The summed E-state index contributed by atoms with van der Waals surface area (Å²) in [6.07, 6.45) is 5.99. The Kier molecular flexibility index (Phi) is 7.75. The SMILES string of the molecule is CC(=O)Nc1cc(C(=O)NCCc2ccc(S(=O)(=O)N3CCCCCC3)cc2)ccn1. The number of rotatable bonds is 7. The molecule has 2 amide bonds. The maximum Gasteiger partial charge on any atom is 0.251 e. The van der Waals surface area contributed by atoms with Gasteiger partial charge in [-0.05, 0) is 49.1 Å². The molecule has 1 aliphatic rings. The molecule has 0 spiro atoms. The molecule has 0 unspecified atom stereocenters. The Hall–Kier alpha value is -2.78. The molecular formula is C22H28N4O4S. The largest absolute Gasteiger partial charge is 0.352 e. The first-order valence-electron chi connectivity index (χ1n) is 10.5. The predicted molar refractivity (Wildman–Crippen MR) is 118 cm³/mol. The normalized spacial score (nSPS) is 15.1. The van der Waals surface area contributed by atoms with E-state index in [2.05, 4.69) is 15.6 Å². The zero-order chi connectivity index (χ0) is 22.3. The molecule has 2 aromatic rings. The fourth-order valence-corrected chi connectivity index (χ4v) is 5.02. The molecule has 8 nitrogen and oxygen atoms in total. The minimum Gasteiger partial charge on any atom is -0.352 e. The Morgan fingerprint density at radius 3 is 2.35 bits per heavy atom. The third-order valence-corrected chi connectivity index (χ3v) is 7.06. The Labute approximate surface area is 183 Å². The fraction of sp³-hybridized carbons (Fsp3) is 0.409. The van der Waals surface area contributed by atoms with Crippen LogP contribution < -0.4 is 10.6 Å². The van der Waals surface area contributed by atoms with Gasteiger partial charge in [-0.3, -0.25) is 9.59 Å². The summed E-state index contributed by atoms with van der Waals surface area (Å²) < 4.78 is 27.3. The molecule has 1 saturated heterocycles. The number of benzene rings is 1. The van der Waals surface area contributed by atoms with Gasteiger partial charge < -0.3 is 10.6 Å². The predicted octanol–water partition coefficient (Wildman–Crippen LogP) is 2.58. The van der Waals surface area contributed by atoms with Gasteiger partial charge in [0, 0.05) is 38.3 Å². The van der Waals surface area contributed by atoms with Gasteiger partial charge in [-0.15, -0.1) is 0 Å². The van der Waals surface area contributed by atoms with Gasteiger partial charge in [0.1, 0.15) is 5.82 Å². The molecule has 2 heterocycles. The summed E-state index contributed by atoms with van der Waals surface area (Å²) in [5, 5.41) is 5.37. The highest BCUT2D eigenvalue weighted by Gasteiger charge is 2.24. The molecule has 1 aromatic carbocycles. The van der Waals surface area contributed by atoms with Crippen molar-refractivity contribution < 1.29 is 18.0 Å². The van der Waals surface area contributed by atoms with Crippen molar-refractivity contribution in [3.63, 3.8) is 0 Å². The van der Waals surface area contributed by atoms with Gasteiger partial charge in [0.2, 0.25) is 15.9 Å². The third-order valence-electron chi connectivity index (χ3n) is 5.15. The monoisotopic (exact) mass is 444 g/mol. The quantitative estimate of drug-likeness (QED) is 0.682. The summed E-state index contributed by atoms with van der Waals surface area (Å²) in [6, 6.07) is 9.94. The molecule has 0 radical (unpaired) electrons. The molecular weight excluding hydrogens is 416 g/mol. The highest BCUT2D eigenvalue weighted by Crippen LogP contribution is 2.20. The van der Waals surface area contributed by atoms with E-state index in [9.17, 15) is 18.0 Å². The maximum absolute atomic E-state index is 12.8. The minimum atomic E-state index is -3.46. The highest BCUT2D eigenvalue weighted by atomic mass is 32.2. The van der Waals surface area contributed by atoms with Crippen molar-refractivity contribution in [1.82, 2.24) is 14.6 Å². The summed E-state index contributed by atoms with van der Waals surface area (Å²) in [4.78, 5) is 27.7. The number of anilines is 1. The van der Waals surface area contributed by atoms with Crippen molar-refractivity contribution in [2.24, 2.45) is 0 Å². The van der Waals surface area contributed by atoms with Crippen molar-refractivity contribution in [3.05, 3.63) is 53.7 Å². The number of pyridine rings is 1. The van der Waals surface area contributed by atoms with Gasteiger partial charge in [0.15, 0.2) is 0 Å². The number of carbonyl (C=O) groups excluding carboxylic acids is 2. The molecule has 3 rings (SSSR count). The molecule has 0 bridgehead atoms. The summed E-state index contributed by atoms with van der Waals surface area (Å²) in [6.45, 7) is 2.93. The van der Waals surface area contributed by atoms with Crippen LogP contribution in [0.25, 0.3) is 0 Å². The Bertz CT molecular complexity index is 1010. The van der Waals surface area contributed by atoms with E-state index in [4.69, 9.17) is 0 Å². The molecule has 31 heavy (non-hydrogen) atoms. The lowest BCUT2D eigenvalue weighted by molar-refractivity contribution is -0.114. The van der Waals surface area contributed by atoms with Crippen LogP contribution in [0.4, 0.5) is 5.82 Å². The molecule has 9 heteroatoms. The maximum atomic E-state index is 12.8. The van der Waals surface area contributed by atoms with Crippen LogP contribution in [0.3, 0.4) is 0 Å². The number of nitrogens with zero attached hydrogens (tertiary/aromatic N) is 2. The lowest BCUT2D eigenvalue weighted by Gasteiger charge is -2.20. The van der Waals surface area contributed by atoms with Crippen LogP contribution in [-0.2, 0) is 21.2 Å². The molecule has 0 atom stereocenters. The van der Waals surface area contributed by atoms with Crippen molar-refractivity contribution in [2.75, 3.05) is 25.0 Å². The summed E-state index contributed by atoms with van der Waals surface area (Å²) in [7, 11) is -3.46. The van der Waals surface area contributed by atoms with E-state index in [0.717, 1.165) is 31.2 Å². The first-order chi connectivity index (χ1) is 14.9. The molecule has 1 aliphatic heterocycles. The van der Waals surface area contributed by atoms with E-state index in [1.807, 2.05) is 0 Å². The van der Waals surface area contributed by atoms with E-state index in [-0.39, 0.29) is 11.8 Å². The van der Waals surface area contributed by atoms with Gasteiger partial charge in [0.25, 0.3) is 5.91 Å². The van der Waals surface area contributed by atoms with Gasteiger partial charge in [-0.1, -0.05) is 25.0 Å². The Morgan fingerprint density at radius 2 is 1.71 bits per heavy atom. The molecule has 2 N–H and O–H groups in total. The molecule has 0 saturated carbocycles. The van der Waals surface area contributed by atoms with E-state index in [1.165, 1.54) is 19.2 Å². The summed E-state index contributed by atoms with van der Waals surface area (Å²) in [5.41, 5.74) is 1.33. The number of hydrogen-bond donors (Lipinski definition) is 2. The van der Waals surface area contributed by atoms with Crippen LogP contribution in [0.1, 0.15) is 48.5 Å². The number of sulfonamides is 1. The molecule has 1 fully saturated rings. The van der Waals surface area contributed by atoms with Gasteiger partial charge in [-0.2, -0.15) is 4.31 Å². The Morgan fingerprint density at radius 1 is 1.03 bits per heavy atom. The zero-order valence-electron chi connectivity index (χ0n) is 17.6. The summed E-state index contributed by atoms with van der Waals surface area (Å²) in [5.74, 6) is -0.206. The van der Waals surface area contributed by atoms with Crippen LogP contribution in [0, 0.1) is 0 Å². The minimum absolute atomic E-state index is 0.258. The lowest BCUT2D eigenvalue weighted by atomic mass is 10.1. The van der Waals surface area contributed by atoms with Crippen molar-refractivity contribution in [2.45, 2.75) is 43.9 Å². The second kappa shape index (κ2) is 10.5. The van der Waals surface area contributed by atoms with E-state index >= 15 is 0 Å². The second-order valence-corrected chi connectivity index (χ2v) is 9.52. The lowest BCUT2D eigenvalue weighted by Crippen LogP contribution is -2.31. The van der Waals surface area contributed by atoms with Crippen LogP contribution >= 0.6 is 0 Å². The fourth-order valence-electron chi connectivity index (χ4n) is 3.50. The molecule has 1 aromatic heterocycles. The van der Waals surface area contributed by atoms with Crippen LogP contribution in [0.2, 0.25) is 0 Å². The average Bonchev–Trinajstić information content (AvgIpc) is 3.04. The number of aromatic nitrogens is 1. The number of hydrogen-bond acceptors (Lipinski definition) is 5. The standard InChI is InChI=1S/C22H28N4O4S/c1-17(27)25-21-16-19(11-13-23-21)22(28)24-12-10-18-6-8-20(9-7-18)31(29,30)26-14-4-2-3-5-15-26/h6-9,11,13,16H,2-5,10,12,14-15H2,1H3,(H,24,28)(H,23,25,27). The average molecular weight is 445 g/mol. The smallest absolute Gasteiger partial charge is 0.251 e. The first-order valence-corrected chi connectivity index (χ1v) is 11.9. The summed E-state index contributed by atoms with van der Waals surface area (Å²) >= 11 is 0. The van der Waals surface area contributed by atoms with Gasteiger partial charge in [0.05, 0.1) is 4.90 Å². The first kappa shape index (κ1) is 22.9. The Balaban J connectivity index is 1.54.